The van der Waals surface area contributed by atoms with Crippen LogP contribution in [0.3, 0.4) is 0 Å². The quantitative estimate of drug-likeness (QED) is 0.264. The van der Waals surface area contributed by atoms with Crippen molar-refractivity contribution in [2.45, 2.75) is 17.5 Å². The molecule has 1 heterocycles. The molecule has 15 heteroatoms. The van der Waals surface area contributed by atoms with E-state index in [2.05, 4.69) is 35.3 Å². The monoisotopic (exact) mass is 787 g/mol. The molecule has 1 N–H and O–H groups in total. The van der Waals surface area contributed by atoms with Crippen LogP contribution in [0.1, 0.15) is 12.7 Å². The van der Waals surface area contributed by atoms with Crippen molar-refractivity contribution in [3.8, 4) is 50.2 Å². The summed E-state index contributed by atoms with van der Waals surface area (Å²) in [5, 5.41) is 14.4. The first kappa shape index (κ1) is 42.3. The first-order valence-electron chi connectivity index (χ1n) is 20.3. The van der Waals surface area contributed by atoms with Crippen molar-refractivity contribution in [2.75, 3.05) is 0 Å². The Morgan fingerprint density at radius 3 is 1.84 bits per heavy atom. The molecule has 10 rings (SSSR count). The first-order chi connectivity index (χ1) is 30.4. The van der Waals surface area contributed by atoms with Gasteiger partial charge in [0, 0.05) is 0 Å². The van der Waals surface area contributed by atoms with E-state index in [-0.39, 0.29) is 49.2 Å². The Kier molecular flexibility index (Phi) is 9.89. The average Bonchev–Trinajstić information content (AvgIpc) is 3.84. The van der Waals surface area contributed by atoms with Crippen LogP contribution in [0.2, 0.25) is 5.11 Å². The Bertz CT molecular complexity index is 3670. The summed E-state index contributed by atoms with van der Waals surface area (Å²) >= 11 is 0. The molecule has 1 unspecified atom stereocenters. The average molecular weight is 785 g/mol. The zero-order chi connectivity index (χ0) is 45.3. The molecule has 3 nitrogen and oxygen atoms in total. The summed E-state index contributed by atoms with van der Waals surface area (Å²) < 4.78 is 1.67. The molecule has 0 aliphatic heterocycles. The molecule has 9 aromatic rings. The molecule has 0 saturated carbocycles. The van der Waals surface area contributed by atoms with E-state index in [4.69, 9.17) is 93.8 Å². The fourth-order valence-electron chi connectivity index (χ4n) is 9.35. The van der Waals surface area contributed by atoms with Crippen molar-refractivity contribution >= 4 is 164 Å². The van der Waals surface area contributed by atoms with Crippen LogP contribution in [0.4, 0.5) is 0 Å². The van der Waals surface area contributed by atoms with Crippen LogP contribution in [0.5, 0.6) is 0 Å². The van der Waals surface area contributed by atoms with Gasteiger partial charge in [0.2, 0.25) is 0 Å². The van der Waals surface area contributed by atoms with Gasteiger partial charge in [-0.2, -0.15) is 0 Å². The van der Waals surface area contributed by atoms with Crippen molar-refractivity contribution in [2.24, 2.45) is 0 Å². The maximum absolute atomic E-state index is 11.4. The number of allylic oxidation sites excluding steroid dienone is 2. The van der Waals surface area contributed by atoms with E-state index in [9.17, 15) is 5.11 Å². The molecule has 0 spiro atoms. The number of rotatable bonds is 6. The van der Waals surface area contributed by atoms with E-state index >= 15 is 0 Å². The summed E-state index contributed by atoms with van der Waals surface area (Å²) in [5.74, 6) is -0.0505. The van der Waals surface area contributed by atoms with Gasteiger partial charge in [-0.05, 0) is 6.07 Å². The molecule has 0 fully saturated rings. The predicted octanol–water partition coefficient (Wildman–Crippen LogP) is 2.80. The van der Waals surface area contributed by atoms with Gasteiger partial charge in [-0.3, -0.25) is 0 Å². The predicted molar refractivity (Wildman–Crippen MR) is 278 cm³/mol. The van der Waals surface area contributed by atoms with Gasteiger partial charge in [-0.25, -0.2) is 0 Å². The molecule has 23 radical (unpaired) electrons. The molecule has 1 aliphatic rings. The van der Waals surface area contributed by atoms with Crippen LogP contribution in [0.15, 0.2) is 126 Å². The second kappa shape index (κ2) is 15.0. The fraction of sp³-hybridized carbons (Fsp3) is 0.0612. The topological polar surface area (TPSA) is 38.0 Å². The van der Waals surface area contributed by atoms with Crippen LogP contribution >= 0.6 is 0 Å². The van der Waals surface area contributed by atoms with Crippen molar-refractivity contribution in [1.29, 1.82) is 0 Å². The minimum absolute atomic E-state index is 0.0505. The summed E-state index contributed by atoms with van der Waals surface area (Å²) in [7, 11) is 79.4. The van der Waals surface area contributed by atoms with Gasteiger partial charge in [-0.15, -0.1) is 5.11 Å². The summed E-state index contributed by atoms with van der Waals surface area (Å²) in [5.41, 5.74) is 7.44. The first-order valence-corrected chi connectivity index (χ1v) is 20.3. The molecule has 1 aromatic heterocycles. The van der Waals surface area contributed by atoms with Gasteiger partial charge in [-0.1, -0.05) is 12.1 Å². The van der Waals surface area contributed by atoms with Gasteiger partial charge < -0.3 is 5.11 Å². The summed E-state index contributed by atoms with van der Waals surface area (Å²) in [6, 6.07) is 37.4. The molecule has 0 bridgehead atoms. The van der Waals surface area contributed by atoms with Crippen LogP contribution in [-0.4, -0.2) is 108 Å². The van der Waals surface area contributed by atoms with Gasteiger partial charge in [0.25, 0.3) is 0 Å². The Morgan fingerprint density at radius 1 is 0.594 bits per heavy atom. The van der Waals surface area contributed by atoms with E-state index in [1.807, 2.05) is 78.9 Å². The number of fused-ring (bicyclic) bond motifs is 6. The number of nitrogens with zero attached hydrogens (tertiary/aromatic N) is 2. The fourth-order valence-corrected chi connectivity index (χ4v) is 9.35. The Hall–Kier alpha value is -5.64. The summed E-state index contributed by atoms with van der Waals surface area (Å²) in [6.07, 6.45) is 0. The third kappa shape index (κ3) is 6.09. The SMILES string of the molecule is [B]/C(C)=C([B])/C([B])=c1/c(-c2ccc3cc(-n4c(C([B])(O)C([B])([B])[B])nc5ccccc54)ccc3c2)c2c([B])c([B])c([B])c([B])c2c(-c2ccc3c4c(cccc24)-c2ccccc2-3)c1=[B]. The van der Waals surface area contributed by atoms with Gasteiger partial charge in [0.1, 0.15) is 7.85 Å². The van der Waals surface area contributed by atoms with E-state index < -0.39 is 10.6 Å². The number of aliphatic hydroxyl groups is 1. The molecular formula is C49H23B12N2O. The number of hydrogen-bond acceptors (Lipinski definition) is 2. The number of benzene rings is 8. The second-order valence-corrected chi connectivity index (χ2v) is 16.6. The van der Waals surface area contributed by atoms with Crippen LogP contribution in [0.25, 0.3) is 99.0 Å². The van der Waals surface area contributed by atoms with E-state index in [1.165, 1.54) is 0 Å². The number of hydrogen-bond donors (Lipinski definition) is 1. The summed E-state index contributed by atoms with van der Waals surface area (Å²) in [6.45, 7) is 1.66. The summed E-state index contributed by atoms with van der Waals surface area (Å²) in [4.78, 5) is 4.60. The third-order valence-corrected chi connectivity index (χ3v) is 12.7. The van der Waals surface area contributed by atoms with Crippen LogP contribution < -0.4 is 27.1 Å². The molecular weight excluding hydrogens is 762 g/mol. The van der Waals surface area contributed by atoms with Gasteiger partial charge in [0.15, 0.2) is 0 Å². The number of aromatic nitrogens is 2. The van der Waals surface area contributed by atoms with Gasteiger partial charge in [0.05, 0.1) is 23.5 Å². The van der Waals surface area contributed by atoms with E-state index in [0.717, 1.165) is 49.4 Å². The molecule has 8 aromatic carbocycles. The van der Waals surface area contributed by atoms with E-state index in [1.54, 1.807) is 17.6 Å². The zero-order valence-corrected chi connectivity index (χ0v) is 34.7. The van der Waals surface area contributed by atoms with Crippen molar-refractivity contribution in [3.05, 3.63) is 142 Å². The minimum atomic E-state index is -2.44. The molecule has 0 saturated heterocycles. The van der Waals surface area contributed by atoms with Crippen LogP contribution in [0, 0.1) is 5.11 Å². The molecule has 271 valence electrons. The number of para-hydroxylation sites is 2. The van der Waals surface area contributed by atoms with E-state index in [0.29, 0.717) is 49.4 Å². The molecule has 64 heavy (non-hydrogen) atoms. The normalized spacial score (nSPS) is 14.2. The third-order valence-electron chi connectivity index (χ3n) is 12.7. The Balaban J connectivity index is 1.29. The maximum atomic E-state index is 11.4. The molecule has 0 amide bonds. The van der Waals surface area contributed by atoms with Crippen molar-refractivity contribution in [1.82, 2.24) is 9.55 Å². The Morgan fingerprint density at radius 2 is 1.17 bits per heavy atom. The number of imidazole rings is 1. The zero-order valence-electron chi connectivity index (χ0n) is 34.7. The van der Waals surface area contributed by atoms with Gasteiger partial charge >= 0.3 is 329 Å². The van der Waals surface area contributed by atoms with Crippen molar-refractivity contribution in [3.63, 3.8) is 0 Å². The van der Waals surface area contributed by atoms with Crippen LogP contribution in [-0.2, 0) is 5.50 Å². The molecule has 1 atom stereocenters. The standard InChI is InChI=1S/C49H23B12N2O/c1-21(50)40(51)44(55)39-34(24-14-13-23-20-25(16-15-22(23)19-24)63-33-12-5-4-11-32(33)62-47(63)48(58,64)49(59,60)61)37-38(43(54)46(57)45(56)42(37)53)36(41(39)52)31-18-17-30-27-8-3-2-7-26(27)28-9-6-10-29(31)35(28)30/h2-20,64H,1H3/b40-21-,44-39+. The molecule has 1 aliphatic carbocycles. The Labute approximate surface area is 387 Å². The second-order valence-electron chi connectivity index (χ2n) is 16.6. The van der Waals surface area contributed by atoms with Crippen molar-refractivity contribution < 1.29 is 5.11 Å².